The van der Waals surface area contributed by atoms with Gasteiger partial charge in [0, 0.05) is 10.3 Å². The maximum absolute atomic E-state index is 12.7. The van der Waals surface area contributed by atoms with E-state index in [1.807, 2.05) is 0 Å². The summed E-state index contributed by atoms with van der Waals surface area (Å²) < 4.78 is 37.7. The zero-order chi connectivity index (χ0) is 23.5. The lowest BCUT2D eigenvalue weighted by Crippen LogP contribution is -2.73. The molecule has 1 aliphatic rings. The van der Waals surface area contributed by atoms with Gasteiger partial charge < -0.3 is 20.6 Å². The van der Waals surface area contributed by atoms with E-state index < -0.39 is 46.8 Å². The Labute approximate surface area is 189 Å². The van der Waals surface area contributed by atoms with Gasteiger partial charge in [-0.2, -0.15) is 8.42 Å². The van der Waals surface area contributed by atoms with Crippen molar-refractivity contribution in [3.63, 3.8) is 0 Å². The van der Waals surface area contributed by atoms with E-state index >= 15 is 0 Å². The highest BCUT2D eigenvalue weighted by atomic mass is 32.2. The van der Waals surface area contributed by atoms with Crippen molar-refractivity contribution in [2.24, 2.45) is 5.16 Å². The van der Waals surface area contributed by atoms with Gasteiger partial charge in [-0.25, -0.2) is 9.29 Å². The molecule has 0 spiro atoms. The Bertz CT molecular complexity index is 1140. The largest absolute Gasteiger partial charge is 0.463 e. The fourth-order valence-corrected chi connectivity index (χ4v) is 4.92. The van der Waals surface area contributed by atoms with E-state index in [0.29, 0.717) is 0 Å². The molecule has 32 heavy (non-hydrogen) atoms. The van der Waals surface area contributed by atoms with Gasteiger partial charge in [-0.05, 0) is 11.4 Å². The van der Waals surface area contributed by atoms with E-state index in [2.05, 4.69) is 20.3 Å². The molecule has 3 heterocycles. The van der Waals surface area contributed by atoms with Crippen LogP contribution in [0.1, 0.15) is 10.6 Å². The molecule has 0 unspecified atom stereocenters. The van der Waals surface area contributed by atoms with Gasteiger partial charge in [-0.1, -0.05) is 11.2 Å². The van der Waals surface area contributed by atoms with Crippen LogP contribution in [-0.4, -0.2) is 71.6 Å². The average molecular weight is 504 g/mol. The Morgan fingerprint density at radius 2 is 2.16 bits per heavy atom. The third-order valence-electron chi connectivity index (χ3n) is 4.18. The number of anilines is 1. The molecule has 0 radical (unpaired) electrons. The van der Waals surface area contributed by atoms with E-state index in [-0.39, 0.29) is 27.3 Å². The van der Waals surface area contributed by atoms with Crippen molar-refractivity contribution in [2.75, 3.05) is 19.5 Å². The lowest BCUT2D eigenvalue weighted by atomic mass is 9.99. The van der Waals surface area contributed by atoms with Crippen LogP contribution in [0.25, 0.3) is 0 Å². The van der Waals surface area contributed by atoms with Crippen LogP contribution in [-0.2, 0) is 40.7 Å². The predicted octanol–water partition coefficient (Wildman–Crippen LogP) is -0.578. The van der Waals surface area contributed by atoms with Gasteiger partial charge in [0.1, 0.15) is 31.5 Å². The van der Waals surface area contributed by atoms with Gasteiger partial charge in [-0.15, -0.1) is 22.7 Å². The Balaban J connectivity index is 1.72. The first-order valence-corrected chi connectivity index (χ1v) is 11.9. The minimum Gasteiger partial charge on any atom is -0.463 e. The fourth-order valence-electron chi connectivity index (χ4n) is 2.81. The van der Waals surface area contributed by atoms with Gasteiger partial charge in [0.2, 0.25) is 0 Å². The van der Waals surface area contributed by atoms with Crippen molar-refractivity contribution in [1.29, 1.82) is 0 Å². The number of nitrogens with one attached hydrogen (secondary N) is 1. The first-order chi connectivity index (χ1) is 15.1. The third-order valence-corrected chi connectivity index (χ3v) is 6.68. The van der Waals surface area contributed by atoms with E-state index in [4.69, 9.17) is 10.5 Å². The topological polar surface area (TPSA) is 191 Å². The molecule has 13 nitrogen and oxygen atoms in total. The molecule has 0 bridgehead atoms. The standard InChI is InChI=1S/C16H17N5O8S3/c1-28-20-12(9-7-31-16(17)18-9)14(23)19-13-10(21(15(13)24)32(25,26)27)6-29-11(22)5-8-3-2-4-30-8/h2-4,7,10,13H,5-6H2,1H3,(H2,17,18)(H,19,23)(H,25,26,27)/t10-,13+/m1/s1. The second kappa shape index (κ2) is 9.60. The molecule has 172 valence electrons. The van der Waals surface area contributed by atoms with E-state index in [1.165, 1.54) is 23.8 Å². The lowest BCUT2D eigenvalue weighted by Gasteiger charge is -2.43. The van der Waals surface area contributed by atoms with Crippen LogP contribution in [0.4, 0.5) is 5.13 Å². The molecule has 16 heteroatoms. The molecule has 1 fully saturated rings. The summed E-state index contributed by atoms with van der Waals surface area (Å²) in [6, 6.07) is 0.683. The summed E-state index contributed by atoms with van der Waals surface area (Å²) in [5.41, 5.74) is 5.31. The minimum atomic E-state index is -4.95. The monoisotopic (exact) mass is 503 g/mol. The van der Waals surface area contributed by atoms with Gasteiger partial charge in [-0.3, -0.25) is 18.9 Å². The van der Waals surface area contributed by atoms with Crippen LogP contribution in [0, 0.1) is 0 Å². The summed E-state index contributed by atoms with van der Waals surface area (Å²) in [5, 5.41) is 9.23. The summed E-state index contributed by atoms with van der Waals surface area (Å²) in [6.07, 6.45) is -0.0584. The number of rotatable bonds is 9. The van der Waals surface area contributed by atoms with Gasteiger partial charge >= 0.3 is 16.3 Å². The van der Waals surface area contributed by atoms with Crippen molar-refractivity contribution in [3.8, 4) is 0 Å². The summed E-state index contributed by atoms with van der Waals surface area (Å²) in [7, 11) is -3.76. The first-order valence-electron chi connectivity index (χ1n) is 8.74. The summed E-state index contributed by atoms with van der Waals surface area (Å²) in [6.45, 7) is -0.582. The number of hydrogen-bond donors (Lipinski definition) is 3. The number of β-lactam (4-membered cyclic amide) rings is 1. The number of aromatic nitrogens is 1. The number of nitrogens with zero attached hydrogens (tertiary/aromatic N) is 3. The number of carbonyl (C=O) groups excluding carboxylic acids is 3. The van der Waals surface area contributed by atoms with Crippen molar-refractivity contribution >= 4 is 61.6 Å². The summed E-state index contributed by atoms with van der Waals surface area (Å²) in [5.74, 6) is -2.71. The summed E-state index contributed by atoms with van der Waals surface area (Å²) >= 11 is 2.37. The van der Waals surface area contributed by atoms with Crippen LogP contribution in [0.3, 0.4) is 0 Å². The van der Waals surface area contributed by atoms with Gasteiger partial charge in [0.05, 0.1) is 6.42 Å². The van der Waals surface area contributed by atoms with Crippen LogP contribution in [0.2, 0.25) is 0 Å². The number of thiophene rings is 1. The molecule has 2 aromatic heterocycles. The van der Waals surface area contributed by atoms with Gasteiger partial charge in [0.25, 0.3) is 11.8 Å². The second-order valence-corrected chi connectivity index (χ2v) is 9.47. The second-order valence-electron chi connectivity index (χ2n) is 6.26. The molecule has 0 aromatic carbocycles. The van der Waals surface area contributed by atoms with Crippen molar-refractivity contribution in [2.45, 2.75) is 18.5 Å². The molecule has 2 aromatic rings. The molecule has 2 amide bonds. The highest BCUT2D eigenvalue weighted by Crippen LogP contribution is 2.25. The Kier molecular flexibility index (Phi) is 7.07. The fraction of sp³-hybridized carbons (Fsp3) is 0.312. The molecule has 0 aliphatic carbocycles. The number of oxime groups is 1. The first kappa shape index (κ1) is 23.6. The number of esters is 1. The maximum atomic E-state index is 12.7. The van der Waals surface area contributed by atoms with Gasteiger partial charge in [0.15, 0.2) is 10.8 Å². The Morgan fingerprint density at radius 1 is 1.41 bits per heavy atom. The molecule has 1 aliphatic heterocycles. The highest BCUT2D eigenvalue weighted by molar-refractivity contribution is 7.84. The smallest absolute Gasteiger partial charge is 0.362 e. The highest BCUT2D eigenvalue weighted by Gasteiger charge is 2.54. The lowest BCUT2D eigenvalue weighted by molar-refractivity contribution is -0.155. The third kappa shape index (κ3) is 5.21. The molecular weight excluding hydrogens is 486 g/mol. The van der Waals surface area contributed by atoms with E-state index in [0.717, 1.165) is 16.2 Å². The predicted molar refractivity (Wildman–Crippen MR) is 113 cm³/mol. The number of thiazole rings is 1. The molecule has 2 atom stereocenters. The number of ether oxygens (including phenoxy) is 1. The average Bonchev–Trinajstić information content (AvgIpc) is 3.37. The SMILES string of the molecule is CON=C(C(=O)N[C@@H]1C(=O)N(S(=O)(=O)O)[C@@H]1COC(=O)Cc1cccs1)c1csc(N)n1. The molecule has 4 N–H and O–H groups in total. The number of hydrogen-bond acceptors (Lipinski definition) is 12. The Morgan fingerprint density at radius 3 is 2.72 bits per heavy atom. The zero-order valence-electron chi connectivity index (χ0n) is 16.3. The minimum absolute atomic E-state index is 0.0584. The summed E-state index contributed by atoms with van der Waals surface area (Å²) in [4.78, 5) is 46.3. The number of nitrogen functional groups attached to an aromatic ring is 1. The molecule has 3 rings (SSSR count). The van der Waals surface area contributed by atoms with Crippen molar-refractivity contribution < 1.29 is 36.9 Å². The van der Waals surface area contributed by atoms with E-state index in [1.54, 1.807) is 17.5 Å². The quantitative estimate of drug-likeness (QED) is 0.131. The van der Waals surface area contributed by atoms with Crippen LogP contribution in [0.5, 0.6) is 0 Å². The number of carbonyl (C=O) groups is 3. The zero-order valence-corrected chi connectivity index (χ0v) is 18.8. The van der Waals surface area contributed by atoms with Crippen LogP contribution < -0.4 is 11.1 Å². The molecule has 1 saturated heterocycles. The maximum Gasteiger partial charge on any atom is 0.362 e. The van der Waals surface area contributed by atoms with Crippen molar-refractivity contribution in [3.05, 3.63) is 33.5 Å². The normalized spacial score (nSPS) is 18.8. The van der Waals surface area contributed by atoms with Crippen LogP contribution >= 0.6 is 22.7 Å². The number of nitrogens with two attached hydrogens (primary N) is 1. The molecule has 0 saturated carbocycles. The van der Waals surface area contributed by atoms with Crippen molar-refractivity contribution in [1.82, 2.24) is 14.6 Å². The van der Waals surface area contributed by atoms with E-state index in [9.17, 15) is 27.4 Å². The number of amides is 2. The Hall–Kier alpha value is -3.08. The van der Waals surface area contributed by atoms with Crippen LogP contribution in [0.15, 0.2) is 28.0 Å². The molecular formula is C16H17N5O8S3.